The fraction of sp³-hybridized carbons (Fsp3) is 0.636. The van der Waals surface area contributed by atoms with Gasteiger partial charge < -0.3 is 24.8 Å². The second kappa shape index (κ2) is 12.3. The van der Waals surface area contributed by atoms with Crippen molar-refractivity contribution in [1.82, 2.24) is 4.90 Å². The van der Waals surface area contributed by atoms with Gasteiger partial charge in [-0.15, -0.1) is 0 Å². The molecule has 1 aromatic carbocycles. The zero-order chi connectivity index (χ0) is 22.0. The summed E-state index contributed by atoms with van der Waals surface area (Å²) >= 11 is 0. The van der Waals surface area contributed by atoms with Crippen LogP contribution >= 0.6 is 0 Å². The number of benzene rings is 1. The lowest BCUT2D eigenvalue weighted by Gasteiger charge is -2.28. The van der Waals surface area contributed by atoms with E-state index in [4.69, 9.17) is 19.9 Å². The van der Waals surface area contributed by atoms with Crippen LogP contribution in [-0.2, 0) is 14.3 Å². The minimum Gasteiger partial charge on any atom is -0.493 e. The van der Waals surface area contributed by atoms with Gasteiger partial charge in [0.25, 0.3) is 6.29 Å². The number of carbonyl (C=O) groups excluding carboxylic acids is 2. The lowest BCUT2D eigenvalue weighted by molar-refractivity contribution is -0.179. The Balaban J connectivity index is 2.60. The van der Waals surface area contributed by atoms with Crippen LogP contribution in [-0.4, -0.2) is 49.0 Å². The van der Waals surface area contributed by atoms with Crippen molar-refractivity contribution in [2.24, 2.45) is 23.5 Å². The molecule has 0 saturated heterocycles. The van der Waals surface area contributed by atoms with Crippen molar-refractivity contribution in [3.8, 4) is 5.75 Å². The van der Waals surface area contributed by atoms with Gasteiger partial charge in [-0.2, -0.15) is 0 Å². The maximum absolute atomic E-state index is 12.6. The van der Waals surface area contributed by atoms with Gasteiger partial charge in [0.1, 0.15) is 11.8 Å². The Labute approximate surface area is 174 Å². The van der Waals surface area contributed by atoms with Crippen LogP contribution in [0.15, 0.2) is 30.3 Å². The Bertz CT molecular complexity index is 621. The molecule has 3 atom stereocenters. The van der Waals surface area contributed by atoms with E-state index in [1.54, 1.807) is 4.90 Å². The molecule has 0 spiro atoms. The molecule has 0 heterocycles. The van der Waals surface area contributed by atoms with E-state index in [1.807, 2.05) is 71.9 Å². The summed E-state index contributed by atoms with van der Waals surface area (Å²) in [6.45, 7) is 12.6. The van der Waals surface area contributed by atoms with Crippen LogP contribution in [0.25, 0.3) is 0 Å². The van der Waals surface area contributed by atoms with Crippen LogP contribution in [0.1, 0.15) is 41.5 Å². The normalized spacial score (nSPS) is 14.2. The second-order valence-electron chi connectivity index (χ2n) is 7.97. The van der Waals surface area contributed by atoms with Crippen molar-refractivity contribution in [2.45, 2.75) is 53.9 Å². The van der Waals surface area contributed by atoms with Crippen molar-refractivity contribution < 1.29 is 23.8 Å². The molecule has 1 amide bonds. The summed E-state index contributed by atoms with van der Waals surface area (Å²) in [4.78, 5) is 26.3. The zero-order valence-electron chi connectivity index (χ0n) is 18.5. The first kappa shape index (κ1) is 24.8. The lowest BCUT2D eigenvalue weighted by Crippen LogP contribution is -2.43. The molecule has 0 aliphatic carbocycles. The molecule has 0 fully saturated rings. The van der Waals surface area contributed by atoms with Gasteiger partial charge in [-0.1, -0.05) is 52.8 Å². The van der Waals surface area contributed by atoms with Crippen LogP contribution < -0.4 is 10.5 Å². The summed E-state index contributed by atoms with van der Waals surface area (Å²) in [6, 6.07) is 8.77. The van der Waals surface area contributed by atoms with Gasteiger partial charge in [0.2, 0.25) is 0 Å². The average Bonchev–Trinajstić information content (AvgIpc) is 2.69. The highest BCUT2D eigenvalue weighted by Crippen LogP contribution is 2.15. The van der Waals surface area contributed by atoms with Gasteiger partial charge >= 0.3 is 12.1 Å². The number of nitrogens with two attached hydrogens (primary N) is 1. The maximum Gasteiger partial charge on any atom is 0.412 e. The Morgan fingerprint density at radius 3 is 2.14 bits per heavy atom. The van der Waals surface area contributed by atoms with Crippen molar-refractivity contribution in [3.05, 3.63) is 30.3 Å². The number of hydrogen-bond donors (Lipinski definition) is 1. The molecular weight excluding hydrogens is 372 g/mol. The van der Waals surface area contributed by atoms with Gasteiger partial charge in [0.05, 0.1) is 6.61 Å². The number of carbonyl (C=O) groups is 2. The highest BCUT2D eigenvalue weighted by Gasteiger charge is 2.29. The van der Waals surface area contributed by atoms with E-state index in [0.717, 1.165) is 5.75 Å². The molecule has 0 bridgehead atoms. The van der Waals surface area contributed by atoms with Gasteiger partial charge in [0, 0.05) is 24.9 Å². The number of para-hydroxylation sites is 1. The molecule has 0 aliphatic heterocycles. The van der Waals surface area contributed by atoms with Gasteiger partial charge in [-0.3, -0.25) is 4.79 Å². The smallest absolute Gasteiger partial charge is 0.412 e. The maximum atomic E-state index is 12.6. The summed E-state index contributed by atoms with van der Waals surface area (Å²) in [5.74, 6) is 0.0537. The molecule has 0 saturated carbocycles. The standard InChI is InChI=1S/C22H36N2O5/c1-7-24(13-17(6)14-27-18-11-9-8-10-12-18)22(26)29-21(16(4)5)28-20(25)19(23)15(2)3/h8-12,15-17,19,21H,7,13-14,23H2,1-6H3/t17?,19-,21?/m1/s1. The Morgan fingerprint density at radius 2 is 1.62 bits per heavy atom. The van der Waals surface area contributed by atoms with Crippen LogP contribution in [0.5, 0.6) is 5.75 Å². The van der Waals surface area contributed by atoms with Crippen molar-refractivity contribution >= 4 is 12.1 Å². The fourth-order valence-corrected chi connectivity index (χ4v) is 2.45. The first-order valence-electron chi connectivity index (χ1n) is 10.2. The largest absolute Gasteiger partial charge is 0.493 e. The number of ether oxygens (including phenoxy) is 3. The fourth-order valence-electron chi connectivity index (χ4n) is 2.45. The summed E-state index contributed by atoms with van der Waals surface area (Å²) in [7, 11) is 0. The number of nitrogens with zero attached hydrogens (tertiary/aromatic N) is 1. The first-order valence-corrected chi connectivity index (χ1v) is 10.2. The van der Waals surface area contributed by atoms with Crippen LogP contribution in [0.4, 0.5) is 4.79 Å². The second-order valence-corrected chi connectivity index (χ2v) is 7.97. The SMILES string of the molecule is CCN(CC(C)COc1ccccc1)C(=O)OC(OC(=O)[C@H](N)C(C)C)C(C)C. The molecule has 2 N–H and O–H groups in total. The van der Waals surface area contributed by atoms with Gasteiger partial charge in [0.15, 0.2) is 0 Å². The van der Waals surface area contributed by atoms with E-state index < -0.39 is 24.4 Å². The van der Waals surface area contributed by atoms with E-state index in [-0.39, 0.29) is 17.8 Å². The van der Waals surface area contributed by atoms with Crippen molar-refractivity contribution in [3.63, 3.8) is 0 Å². The number of esters is 1. The lowest BCUT2D eigenvalue weighted by atomic mass is 10.1. The van der Waals surface area contributed by atoms with E-state index in [9.17, 15) is 9.59 Å². The van der Waals surface area contributed by atoms with E-state index in [0.29, 0.717) is 19.7 Å². The van der Waals surface area contributed by atoms with Crippen LogP contribution in [0, 0.1) is 17.8 Å². The molecule has 7 heteroatoms. The molecule has 2 unspecified atom stereocenters. The first-order chi connectivity index (χ1) is 13.6. The highest BCUT2D eigenvalue weighted by atomic mass is 16.7. The van der Waals surface area contributed by atoms with E-state index in [1.165, 1.54) is 0 Å². The molecule has 0 aromatic heterocycles. The molecular formula is C22H36N2O5. The predicted molar refractivity (Wildman–Crippen MR) is 112 cm³/mol. The highest BCUT2D eigenvalue weighted by molar-refractivity contribution is 5.76. The minimum absolute atomic E-state index is 0.0661. The molecule has 0 aliphatic rings. The van der Waals surface area contributed by atoms with Crippen molar-refractivity contribution in [1.29, 1.82) is 0 Å². The van der Waals surface area contributed by atoms with Crippen LogP contribution in [0.3, 0.4) is 0 Å². The average molecular weight is 409 g/mol. The third kappa shape index (κ3) is 8.73. The summed E-state index contributed by atoms with van der Waals surface area (Å²) < 4.78 is 16.6. The van der Waals surface area contributed by atoms with Gasteiger partial charge in [-0.05, 0) is 25.0 Å². The third-order valence-corrected chi connectivity index (χ3v) is 4.43. The molecule has 164 valence electrons. The number of amides is 1. The summed E-state index contributed by atoms with van der Waals surface area (Å²) in [5, 5.41) is 0. The molecule has 1 rings (SSSR count). The van der Waals surface area contributed by atoms with E-state index in [2.05, 4.69) is 0 Å². The molecule has 29 heavy (non-hydrogen) atoms. The summed E-state index contributed by atoms with van der Waals surface area (Å²) in [5.41, 5.74) is 5.83. The summed E-state index contributed by atoms with van der Waals surface area (Å²) in [6.07, 6.45) is -1.51. The van der Waals surface area contributed by atoms with Crippen molar-refractivity contribution in [2.75, 3.05) is 19.7 Å². The predicted octanol–water partition coefficient (Wildman–Crippen LogP) is 3.67. The zero-order valence-corrected chi connectivity index (χ0v) is 18.5. The topological polar surface area (TPSA) is 91.1 Å². The molecule has 0 radical (unpaired) electrons. The Morgan fingerprint density at radius 1 is 1.00 bits per heavy atom. The van der Waals surface area contributed by atoms with E-state index >= 15 is 0 Å². The monoisotopic (exact) mass is 408 g/mol. The van der Waals surface area contributed by atoms with Gasteiger partial charge in [-0.25, -0.2) is 4.79 Å². The minimum atomic E-state index is -0.982. The quantitative estimate of drug-likeness (QED) is 0.444. The number of rotatable bonds is 11. The Hall–Kier alpha value is -2.28. The third-order valence-electron chi connectivity index (χ3n) is 4.43. The Kier molecular flexibility index (Phi) is 10.5. The molecule has 7 nitrogen and oxygen atoms in total. The number of hydrogen-bond acceptors (Lipinski definition) is 6. The van der Waals surface area contributed by atoms with Crippen LogP contribution in [0.2, 0.25) is 0 Å². The molecule has 1 aromatic rings.